The van der Waals surface area contributed by atoms with Crippen LogP contribution in [0.25, 0.3) is 0 Å². The van der Waals surface area contributed by atoms with Gasteiger partial charge in [-0.1, -0.05) is 11.6 Å². The molecular formula is C18H20ClIN2O3S. The molecule has 2 aromatic carbocycles. The van der Waals surface area contributed by atoms with E-state index in [0.717, 1.165) is 21.1 Å². The number of sulfonamides is 1. The van der Waals surface area contributed by atoms with Gasteiger partial charge in [-0.3, -0.25) is 9.10 Å². The summed E-state index contributed by atoms with van der Waals surface area (Å²) in [6.45, 7) is 2.16. The van der Waals surface area contributed by atoms with Gasteiger partial charge in [0.1, 0.15) is 0 Å². The lowest BCUT2D eigenvalue weighted by Crippen LogP contribution is -2.31. The lowest BCUT2D eigenvalue weighted by molar-refractivity contribution is -0.116. The van der Waals surface area contributed by atoms with E-state index in [1.807, 2.05) is 25.1 Å². The van der Waals surface area contributed by atoms with E-state index in [0.29, 0.717) is 17.1 Å². The first-order valence-corrected chi connectivity index (χ1v) is 11.3. The molecule has 0 aliphatic heterocycles. The number of aryl methyl sites for hydroxylation is 1. The Morgan fingerprint density at radius 1 is 1.19 bits per heavy atom. The average Bonchev–Trinajstić information content (AvgIpc) is 2.54. The maximum atomic E-state index is 12.2. The van der Waals surface area contributed by atoms with Gasteiger partial charge in [-0.25, -0.2) is 8.42 Å². The van der Waals surface area contributed by atoms with E-state index in [-0.39, 0.29) is 18.9 Å². The summed E-state index contributed by atoms with van der Waals surface area (Å²) in [4.78, 5) is 12.2. The summed E-state index contributed by atoms with van der Waals surface area (Å²) in [7, 11) is -3.44. The number of rotatable bonds is 7. The van der Waals surface area contributed by atoms with Crippen LogP contribution in [-0.4, -0.2) is 27.1 Å². The van der Waals surface area contributed by atoms with Gasteiger partial charge in [-0.15, -0.1) is 0 Å². The minimum Gasteiger partial charge on any atom is -0.326 e. The van der Waals surface area contributed by atoms with E-state index >= 15 is 0 Å². The smallest absolute Gasteiger partial charge is 0.232 e. The van der Waals surface area contributed by atoms with Crippen LogP contribution in [0.3, 0.4) is 0 Å². The van der Waals surface area contributed by atoms with Crippen molar-refractivity contribution >= 4 is 61.5 Å². The van der Waals surface area contributed by atoms with Crippen molar-refractivity contribution in [2.24, 2.45) is 0 Å². The average molecular weight is 507 g/mol. The zero-order valence-electron chi connectivity index (χ0n) is 14.5. The van der Waals surface area contributed by atoms with E-state index in [1.54, 1.807) is 24.3 Å². The Balaban J connectivity index is 1.96. The molecule has 2 rings (SSSR count). The maximum Gasteiger partial charge on any atom is 0.232 e. The Labute approximate surface area is 172 Å². The molecule has 0 saturated carbocycles. The van der Waals surface area contributed by atoms with Gasteiger partial charge in [0.2, 0.25) is 15.9 Å². The summed E-state index contributed by atoms with van der Waals surface area (Å²) in [5.41, 5.74) is 2.29. The van der Waals surface area contributed by atoms with Crippen LogP contribution < -0.4 is 9.62 Å². The second-order valence-corrected chi connectivity index (χ2v) is 9.51. The van der Waals surface area contributed by atoms with E-state index in [4.69, 9.17) is 11.6 Å². The summed E-state index contributed by atoms with van der Waals surface area (Å²) in [5.74, 6) is -0.140. The van der Waals surface area contributed by atoms with Crippen LogP contribution in [0.2, 0.25) is 5.02 Å². The van der Waals surface area contributed by atoms with Crippen LogP contribution in [0.15, 0.2) is 42.5 Å². The molecule has 1 amide bonds. The van der Waals surface area contributed by atoms with Gasteiger partial charge in [0.25, 0.3) is 0 Å². The molecule has 0 atom stereocenters. The SMILES string of the molecule is Cc1cc(I)ccc1NC(=O)CCCN(c1ccc(Cl)cc1)S(C)(=O)=O. The highest BCUT2D eigenvalue weighted by Crippen LogP contribution is 2.21. The van der Waals surface area contributed by atoms with Gasteiger partial charge in [0.05, 0.1) is 11.9 Å². The Kier molecular flexibility index (Phi) is 7.31. The van der Waals surface area contributed by atoms with Crippen LogP contribution >= 0.6 is 34.2 Å². The molecule has 0 radical (unpaired) electrons. The third kappa shape index (κ3) is 6.14. The molecule has 0 saturated heterocycles. The fourth-order valence-corrected chi connectivity index (χ4v) is 4.20. The van der Waals surface area contributed by atoms with E-state index in [1.165, 1.54) is 4.31 Å². The number of carbonyl (C=O) groups is 1. The first kappa shape index (κ1) is 21.0. The quantitative estimate of drug-likeness (QED) is 0.565. The topological polar surface area (TPSA) is 66.5 Å². The van der Waals surface area contributed by atoms with E-state index in [2.05, 4.69) is 27.9 Å². The molecule has 0 heterocycles. The van der Waals surface area contributed by atoms with Crippen molar-refractivity contribution in [3.05, 3.63) is 56.6 Å². The monoisotopic (exact) mass is 506 g/mol. The highest BCUT2D eigenvalue weighted by molar-refractivity contribution is 14.1. The minimum atomic E-state index is -3.44. The van der Waals surface area contributed by atoms with Crippen LogP contribution in [0, 0.1) is 10.5 Å². The number of nitrogens with zero attached hydrogens (tertiary/aromatic N) is 1. The maximum absolute atomic E-state index is 12.2. The number of halogens is 2. The molecule has 1 N–H and O–H groups in total. The Morgan fingerprint density at radius 2 is 1.85 bits per heavy atom. The zero-order chi connectivity index (χ0) is 19.3. The highest BCUT2D eigenvalue weighted by atomic mass is 127. The molecule has 8 heteroatoms. The minimum absolute atomic E-state index is 0.140. The molecule has 2 aromatic rings. The van der Waals surface area contributed by atoms with Gasteiger partial charge in [0.15, 0.2) is 0 Å². The number of amides is 1. The van der Waals surface area contributed by atoms with Crippen molar-refractivity contribution in [2.45, 2.75) is 19.8 Å². The molecule has 140 valence electrons. The molecule has 26 heavy (non-hydrogen) atoms. The van der Waals surface area contributed by atoms with Crippen molar-refractivity contribution in [2.75, 3.05) is 22.4 Å². The third-order valence-electron chi connectivity index (χ3n) is 3.74. The zero-order valence-corrected chi connectivity index (χ0v) is 18.2. The summed E-state index contributed by atoms with van der Waals surface area (Å²) < 4.78 is 26.5. The molecule has 0 aliphatic carbocycles. The normalized spacial score (nSPS) is 11.2. The number of hydrogen-bond donors (Lipinski definition) is 1. The first-order chi connectivity index (χ1) is 12.2. The fraction of sp³-hybridized carbons (Fsp3) is 0.278. The lowest BCUT2D eigenvalue weighted by atomic mass is 10.2. The summed E-state index contributed by atoms with van der Waals surface area (Å²) in [5, 5.41) is 3.41. The van der Waals surface area contributed by atoms with E-state index < -0.39 is 10.0 Å². The summed E-state index contributed by atoms with van der Waals surface area (Å²) in [6.07, 6.45) is 1.78. The van der Waals surface area contributed by atoms with Crippen molar-refractivity contribution in [3.63, 3.8) is 0 Å². The lowest BCUT2D eigenvalue weighted by Gasteiger charge is -2.22. The van der Waals surface area contributed by atoms with Gasteiger partial charge >= 0.3 is 0 Å². The number of benzene rings is 2. The summed E-state index contributed by atoms with van der Waals surface area (Å²) >= 11 is 8.07. The van der Waals surface area contributed by atoms with Gasteiger partial charge < -0.3 is 5.32 Å². The molecule has 0 spiro atoms. The van der Waals surface area contributed by atoms with Gasteiger partial charge in [0, 0.05) is 27.2 Å². The molecular weight excluding hydrogens is 487 g/mol. The second-order valence-electron chi connectivity index (χ2n) is 5.92. The molecule has 0 aromatic heterocycles. The highest BCUT2D eigenvalue weighted by Gasteiger charge is 2.17. The number of carbonyl (C=O) groups excluding carboxylic acids is 1. The van der Waals surface area contributed by atoms with Gasteiger partial charge in [-0.05, 0) is 84.0 Å². The van der Waals surface area contributed by atoms with Crippen molar-refractivity contribution in [1.29, 1.82) is 0 Å². The molecule has 0 bridgehead atoms. The van der Waals surface area contributed by atoms with Gasteiger partial charge in [-0.2, -0.15) is 0 Å². The fourth-order valence-electron chi connectivity index (χ4n) is 2.46. The molecule has 0 aliphatic rings. The molecule has 5 nitrogen and oxygen atoms in total. The molecule has 0 unspecified atom stereocenters. The first-order valence-electron chi connectivity index (χ1n) is 7.96. The Bertz CT molecular complexity index is 886. The summed E-state index contributed by atoms with van der Waals surface area (Å²) in [6, 6.07) is 12.4. The van der Waals surface area contributed by atoms with Crippen LogP contribution in [0.4, 0.5) is 11.4 Å². The third-order valence-corrected chi connectivity index (χ3v) is 5.86. The number of anilines is 2. The second kappa shape index (κ2) is 9.05. The van der Waals surface area contributed by atoms with Crippen molar-refractivity contribution < 1.29 is 13.2 Å². The number of hydrogen-bond acceptors (Lipinski definition) is 3. The molecule has 0 fully saturated rings. The number of nitrogens with one attached hydrogen (secondary N) is 1. The standard InChI is InChI=1S/C18H20ClIN2O3S/c1-13-12-15(20)7-10-17(13)21-18(23)4-3-11-22(26(2,24)25)16-8-5-14(19)6-9-16/h5-10,12H,3-4,11H2,1-2H3,(H,21,23). The Morgan fingerprint density at radius 3 is 2.42 bits per heavy atom. The van der Waals surface area contributed by atoms with Crippen molar-refractivity contribution in [3.8, 4) is 0 Å². The van der Waals surface area contributed by atoms with Crippen LogP contribution in [0.5, 0.6) is 0 Å². The predicted octanol–water partition coefficient (Wildman–Crippen LogP) is 4.44. The van der Waals surface area contributed by atoms with Crippen molar-refractivity contribution in [1.82, 2.24) is 0 Å². The van der Waals surface area contributed by atoms with Crippen LogP contribution in [0.1, 0.15) is 18.4 Å². The predicted molar refractivity (Wildman–Crippen MR) is 115 cm³/mol. The van der Waals surface area contributed by atoms with Crippen LogP contribution in [-0.2, 0) is 14.8 Å². The Hall–Kier alpha value is -1.32. The largest absolute Gasteiger partial charge is 0.326 e. The van der Waals surface area contributed by atoms with E-state index in [9.17, 15) is 13.2 Å².